The number of nitrogens with zero attached hydrogens (tertiary/aromatic N) is 4. The number of carbonyl (C=O) groups is 1. The number of hydrogen-bond donors (Lipinski definition) is 1. The molecule has 1 amide bonds. The number of anilines is 1. The fourth-order valence-electron chi connectivity index (χ4n) is 3.36. The summed E-state index contributed by atoms with van der Waals surface area (Å²) >= 11 is 0. The predicted octanol–water partition coefficient (Wildman–Crippen LogP) is 3.39. The number of nitrogens with one attached hydrogen (secondary N) is 1. The Morgan fingerprint density at radius 2 is 2.00 bits per heavy atom. The zero-order valence-electron chi connectivity index (χ0n) is 15.0. The van der Waals surface area contributed by atoms with Gasteiger partial charge < -0.3 is 4.42 Å². The predicted molar refractivity (Wildman–Crippen MR) is 97.0 cm³/mol. The number of aromatic nitrogens is 4. The molecular formula is C19H21N5O2. The van der Waals surface area contributed by atoms with Crippen LogP contribution in [0.1, 0.15) is 47.1 Å². The molecular weight excluding hydrogens is 330 g/mol. The molecule has 0 radical (unpaired) electrons. The van der Waals surface area contributed by atoms with E-state index >= 15 is 0 Å². The molecule has 1 N–H and O–H groups in total. The van der Waals surface area contributed by atoms with Gasteiger partial charge in [0, 0.05) is 17.8 Å². The highest BCUT2D eigenvalue weighted by Gasteiger charge is 2.17. The van der Waals surface area contributed by atoms with Crippen LogP contribution in [0.15, 0.2) is 28.7 Å². The Labute approximate surface area is 151 Å². The summed E-state index contributed by atoms with van der Waals surface area (Å²) < 4.78 is 7.39. The Balaban J connectivity index is 1.51. The van der Waals surface area contributed by atoms with Crippen LogP contribution in [0.25, 0.3) is 11.5 Å². The zero-order chi connectivity index (χ0) is 18.1. The minimum absolute atomic E-state index is 0.0754. The van der Waals surface area contributed by atoms with Gasteiger partial charge in [-0.3, -0.25) is 14.8 Å². The van der Waals surface area contributed by atoms with E-state index in [1.165, 1.54) is 24.0 Å². The highest BCUT2D eigenvalue weighted by Crippen LogP contribution is 2.27. The van der Waals surface area contributed by atoms with Crippen LogP contribution in [0, 0.1) is 6.92 Å². The normalized spacial score (nSPS) is 13.5. The van der Waals surface area contributed by atoms with Crippen LogP contribution in [-0.4, -0.2) is 25.9 Å². The second-order valence-corrected chi connectivity index (χ2v) is 6.54. The van der Waals surface area contributed by atoms with Crippen molar-refractivity contribution >= 4 is 11.9 Å². The smallest absolute Gasteiger partial charge is 0.322 e. The van der Waals surface area contributed by atoms with Crippen LogP contribution in [0.3, 0.4) is 0 Å². The van der Waals surface area contributed by atoms with Gasteiger partial charge in [0.15, 0.2) is 5.69 Å². The lowest BCUT2D eigenvalue weighted by molar-refractivity contribution is 0.101. The number of rotatable bonds is 4. The van der Waals surface area contributed by atoms with Gasteiger partial charge in [0.2, 0.25) is 5.89 Å². The van der Waals surface area contributed by atoms with E-state index in [1.807, 2.05) is 19.9 Å². The molecule has 3 aromatic rings. The van der Waals surface area contributed by atoms with Crippen molar-refractivity contribution in [2.45, 2.75) is 46.1 Å². The van der Waals surface area contributed by atoms with Crippen LogP contribution in [0.2, 0.25) is 0 Å². The Morgan fingerprint density at radius 1 is 1.19 bits per heavy atom. The summed E-state index contributed by atoms with van der Waals surface area (Å²) in [6.45, 7) is 4.60. The minimum atomic E-state index is -0.360. The van der Waals surface area contributed by atoms with Gasteiger partial charge in [-0.15, -0.1) is 5.10 Å². The fourth-order valence-corrected chi connectivity index (χ4v) is 3.36. The largest absolute Gasteiger partial charge is 0.403 e. The first-order valence-electron chi connectivity index (χ1n) is 8.95. The van der Waals surface area contributed by atoms with E-state index in [9.17, 15) is 4.79 Å². The maximum atomic E-state index is 12.3. The molecule has 0 atom stereocenters. The van der Waals surface area contributed by atoms with Crippen molar-refractivity contribution in [3.63, 3.8) is 0 Å². The molecule has 7 heteroatoms. The summed E-state index contributed by atoms with van der Waals surface area (Å²) in [6, 6.07) is 8.05. The lowest BCUT2D eigenvalue weighted by Gasteiger charge is -2.15. The molecule has 0 aliphatic heterocycles. The highest BCUT2D eigenvalue weighted by molar-refractivity contribution is 6.01. The van der Waals surface area contributed by atoms with Gasteiger partial charge in [0.1, 0.15) is 0 Å². The average molecular weight is 351 g/mol. The van der Waals surface area contributed by atoms with Crippen molar-refractivity contribution in [2.75, 3.05) is 5.32 Å². The molecule has 2 heterocycles. The maximum Gasteiger partial charge on any atom is 0.322 e. The monoisotopic (exact) mass is 351 g/mol. The summed E-state index contributed by atoms with van der Waals surface area (Å²) in [5, 5.41) is 14.9. The minimum Gasteiger partial charge on any atom is -0.403 e. The van der Waals surface area contributed by atoms with Crippen molar-refractivity contribution in [3.8, 4) is 11.5 Å². The van der Waals surface area contributed by atoms with Crippen molar-refractivity contribution < 1.29 is 9.21 Å². The standard InChI is InChI=1S/C19H21N5O2/c1-3-24-12(2)10-16(23-24)17(25)20-19-22-21-18(26-19)15-9-8-13-6-4-5-7-14(13)11-15/h8-11H,3-7H2,1-2H3,(H,20,22,25). The fraction of sp³-hybridized carbons (Fsp3) is 0.368. The van der Waals surface area contributed by atoms with E-state index in [2.05, 4.69) is 32.7 Å². The molecule has 0 fully saturated rings. The van der Waals surface area contributed by atoms with E-state index in [0.29, 0.717) is 18.1 Å². The number of amides is 1. The summed E-state index contributed by atoms with van der Waals surface area (Å²) in [7, 11) is 0. The molecule has 4 rings (SSSR count). The first-order valence-corrected chi connectivity index (χ1v) is 8.95. The number of hydrogen-bond acceptors (Lipinski definition) is 5. The van der Waals surface area contributed by atoms with E-state index in [4.69, 9.17) is 4.42 Å². The summed E-state index contributed by atoms with van der Waals surface area (Å²) in [5.74, 6) is 0.0462. The van der Waals surface area contributed by atoms with Crippen molar-refractivity contribution in [3.05, 3.63) is 46.8 Å². The molecule has 0 saturated carbocycles. The molecule has 0 spiro atoms. The Hall–Kier alpha value is -2.96. The van der Waals surface area contributed by atoms with Gasteiger partial charge in [-0.05, 0) is 68.9 Å². The Bertz CT molecular complexity index is 957. The van der Waals surface area contributed by atoms with Crippen molar-refractivity contribution in [2.24, 2.45) is 0 Å². The molecule has 1 aliphatic carbocycles. The Kier molecular flexibility index (Phi) is 4.28. The number of fused-ring (bicyclic) bond motifs is 1. The van der Waals surface area contributed by atoms with Crippen LogP contribution >= 0.6 is 0 Å². The zero-order valence-corrected chi connectivity index (χ0v) is 15.0. The quantitative estimate of drug-likeness (QED) is 0.778. The van der Waals surface area contributed by atoms with E-state index in [1.54, 1.807) is 10.7 Å². The SMILES string of the molecule is CCn1nc(C(=O)Nc2nnc(-c3ccc4c(c3)CCCC4)o2)cc1C. The van der Waals surface area contributed by atoms with Crippen molar-refractivity contribution in [1.29, 1.82) is 0 Å². The number of benzene rings is 1. The molecule has 7 nitrogen and oxygen atoms in total. The van der Waals surface area contributed by atoms with Gasteiger partial charge in [-0.25, -0.2) is 0 Å². The highest BCUT2D eigenvalue weighted by atomic mass is 16.4. The van der Waals surface area contributed by atoms with E-state index in [-0.39, 0.29) is 11.9 Å². The molecule has 0 saturated heterocycles. The van der Waals surface area contributed by atoms with Gasteiger partial charge in [0.25, 0.3) is 5.91 Å². The molecule has 1 aromatic carbocycles. The first kappa shape index (κ1) is 16.5. The van der Waals surface area contributed by atoms with Crippen LogP contribution in [0.5, 0.6) is 0 Å². The third-order valence-electron chi connectivity index (χ3n) is 4.75. The second kappa shape index (κ2) is 6.74. The third kappa shape index (κ3) is 3.12. The summed E-state index contributed by atoms with van der Waals surface area (Å²) in [5.41, 5.74) is 4.88. The molecule has 1 aliphatic rings. The van der Waals surface area contributed by atoms with Gasteiger partial charge in [-0.2, -0.15) is 5.10 Å². The second-order valence-electron chi connectivity index (χ2n) is 6.54. The number of carbonyl (C=O) groups excluding carboxylic acids is 1. The summed E-state index contributed by atoms with van der Waals surface area (Å²) in [4.78, 5) is 12.3. The average Bonchev–Trinajstić information content (AvgIpc) is 3.27. The first-order chi connectivity index (χ1) is 12.6. The topological polar surface area (TPSA) is 85.8 Å². The van der Waals surface area contributed by atoms with Crippen LogP contribution in [-0.2, 0) is 19.4 Å². The molecule has 0 unspecified atom stereocenters. The van der Waals surface area contributed by atoms with E-state index < -0.39 is 0 Å². The van der Waals surface area contributed by atoms with E-state index in [0.717, 1.165) is 24.1 Å². The van der Waals surface area contributed by atoms with Gasteiger partial charge in [0.05, 0.1) is 0 Å². The van der Waals surface area contributed by atoms with Gasteiger partial charge >= 0.3 is 6.01 Å². The van der Waals surface area contributed by atoms with Crippen LogP contribution in [0.4, 0.5) is 6.01 Å². The lowest BCUT2D eigenvalue weighted by atomic mass is 9.90. The lowest BCUT2D eigenvalue weighted by Crippen LogP contribution is -2.13. The molecule has 2 aromatic heterocycles. The molecule has 0 bridgehead atoms. The van der Waals surface area contributed by atoms with Crippen LogP contribution < -0.4 is 5.32 Å². The maximum absolute atomic E-state index is 12.3. The summed E-state index contributed by atoms with van der Waals surface area (Å²) in [6.07, 6.45) is 4.67. The Morgan fingerprint density at radius 3 is 2.77 bits per heavy atom. The molecule has 134 valence electrons. The van der Waals surface area contributed by atoms with Crippen molar-refractivity contribution in [1.82, 2.24) is 20.0 Å². The third-order valence-corrected chi connectivity index (χ3v) is 4.75. The molecule has 26 heavy (non-hydrogen) atoms. The number of aryl methyl sites for hydroxylation is 4. The van der Waals surface area contributed by atoms with Gasteiger partial charge in [-0.1, -0.05) is 11.2 Å².